The van der Waals surface area contributed by atoms with Crippen molar-refractivity contribution in [1.29, 1.82) is 0 Å². The van der Waals surface area contributed by atoms with Gasteiger partial charge in [0.1, 0.15) is 0 Å². The summed E-state index contributed by atoms with van der Waals surface area (Å²) in [5.41, 5.74) is 9.83. The summed E-state index contributed by atoms with van der Waals surface area (Å²) < 4.78 is 0. The molecule has 0 nitrogen and oxygen atoms in total. The monoisotopic (exact) mass is 360 g/mol. The molecule has 0 aliphatic heterocycles. The maximum Gasteiger partial charge on any atom is 0.0130 e. The first-order valence-electron chi connectivity index (χ1n) is 10.9. The molecule has 0 bridgehead atoms. The molecule has 0 heteroatoms. The summed E-state index contributed by atoms with van der Waals surface area (Å²) in [5.74, 6) is 3.22. The molecule has 0 amide bonds. The molecule has 0 N–H and O–H groups in total. The summed E-state index contributed by atoms with van der Waals surface area (Å²) in [6.45, 7) is 0. The van der Waals surface area contributed by atoms with Crippen molar-refractivity contribution in [2.45, 2.75) is 12.8 Å². The molecular formula is C28H24. The normalized spacial score (nSPS) is 40.6. The lowest BCUT2D eigenvalue weighted by atomic mass is 9.54. The Bertz CT molecular complexity index is 997. The van der Waals surface area contributed by atoms with E-state index in [0.29, 0.717) is 35.5 Å². The fourth-order valence-corrected chi connectivity index (χ4v) is 6.75. The van der Waals surface area contributed by atoms with Gasteiger partial charge in [-0.15, -0.1) is 0 Å². The highest BCUT2D eigenvalue weighted by atomic mass is 14.5. The van der Waals surface area contributed by atoms with Gasteiger partial charge in [-0.2, -0.15) is 0 Å². The van der Waals surface area contributed by atoms with Crippen molar-refractivity contribution in [3.05, 3.63) is 119 Å². The molecule has 7 aliphatic carbocycles. The quantitative estimate of drug-likeness (QED) is 0.473. The SMILES string of the molecule is C1=CC2C=C3C4=C(C=CCC4C4=CC5C=CC=CC5C5=C4C3CC=C5)C2C=C1. The van der Waals surface area contributed by atoms with Crippen LogP contribution in [-0.2, 0) is 0 Å². The average molecular weight is 361 g/mol. The molecule has 6 atom stereocenters. The highest BCUT2D eigenvalue weighted by molar-refractivity contribution is 5.68. The van der Waals surface area contributed by atoms with E-state index in [1.54, 1.807) is 33.4 Å². The summed E-state index contributed by atoms with van der Waals surface area (Å²) in [7, 11) is 0. The second kappa shape index (κ2) is 5.47. The summed E-state index contributed by atoms with van der Waals surface area (Å²) >= 11 is 0. The molecule has 6 unspecified atom stereocenters. The van der Waals surface area contributed by atoms with E-state index < -0.39 is 0 Å². The molecule has 7 aliphatic rings. The van der Waals surface area contributed by atoms with Gasteiger partial charge in [-0.25, -0.2) is 0 Å². The van der Waals surface area contributed by atoms with Gasteiger partial charge in [-0.3, -0.25) is 0 Å². The van der Waals surface area contributed by atoms with Crippen LogP contribution in [0.5, 0.6) is 0 Å². The molecule has 0 aromatic heterocycles. The van der Waals surface area contributed by atoms with Crippen molar-refractivity contribution in [3.63, 3.8) is 0 Å². The topological polar surface area (TPSA) is 0 Å². The Hall–Kier alpha value is -2.60. The molecule has 28 heavy (non-hydrogen) atoms. The summed E-state index contributed by atoms with van der Waals surface area (Å²) in [4.78, 5) is 0. The maximum absolute atomic E-state index is 2.63. The number of hydrogen-bond acceptors (Lipinski definition) is 0. The summed E-state index contributed by atoms with van der Waals surface area (Å²) in [6, 6.07) is 0. The van der Waals surface area contributed by atoms with Crippen LogP contribution in [0.3, 0.4) is 0 Å². The Morgan fingerprint density at radius 1 is 0.571 bits per heavy atom. The van der Waals surface area contributed by atoms with Crippen LogP contribution in [0.2, 0.25) is 0 Å². The van der Waals surface area contributed by atoms with Crippen LogP contribution in [0, 0.1) is 35.5 Å². The van der Waals surface area contributed by atoms with Crippen LogP contribution >= 0.6 is 0 Å². The second-order valence-electron chi connectivity index (χ2n) is 9.11. The highest BCUT2D eigenvalue weighted by Crippen LogP contribution is 2.59. The Kier molecular flexibility index (Phi) is 3.00. The smallest absolute Gasteiger partial charge is 0.0130 e. The zero-order valence-corrected chi connectivity index (χ0v) is 16.0. The van der Waals surface area contributed by atoms with Crippen molar-refractivity contribution in [1.82, 2.24) is 0 Å². The number of fused-ring (bicyclic) bond motifs is 6. The fourth-order valence-electron chi connectivity index (χ4n) is 6.75. The van der Waals surface area contributed by atoms with E-state index in [9.17, 15) is 0 Å². The minimum atomic E-state index is 0.525. The number of allylic oxidation sites excluding steroid dienone is 20. The third-order valence-electron chi connectivity index (χ3n) is 7.85. The van der Waals surface area contributed by atoms with Gasteiger partial charge in [0.2, 0.25) is 0 Å². The molecule has 7 rings (SSSR count). The minimum Gasteiger partial charge on any atom is -0.0833 e. The molecule has 0 spiro atoms. The van der Waals surface area contributed by atoms with Gasteiger partial charge in [-0.05, 0) is 46.3 Å². The molecular weight excluding hydrogens is 336 g/mol. The third-order valence-corrected chi connectivity index (χ3v) is 7.85. The molecule has 0 radical (unpaired) electrons. The van der Waals surface area contributed by atoms with E-state index in [-0.39, 0.29) is 0 Å². The molecule has 0 heterocycles. The van der Waals surface area contributed by atoms with Crippen LogP contribution < -0.4 is 0 Å². The van der Waals surface area contributed by atoms with E-state index in [0.717, 1.165) is 12.8 Å². The molecule has 1 saturated carbocycles. The molecule has 0 aromatic carbocycles. The van der Waals surface area contributed by atoms with Gasteiger partial charge in [0.25, 0.3) is 0 Å². The Labute approximate surface area is 167 Å². The molecule has 1 fully saturated rings. The number of hydrogen-bond donors (Lipinski definition) is 0. The maximum atomic E-state index is 2.63. The lowest BCUT2D eigenvalue weighted by Crippen LogP contribution is -2.37. The summed E-state index contributed by atoms with van der Waals surface area (Å²) in [5, 5.41) is 0. The first-order valence-corrected chi connectivity index (χ1v) is 10.9. The van der Waals surface area contributed by atoms with Gasteiger partial charge in [0.05, 0.1) is 0 Å². The lowest BCUT2D eigenvalue weighted by Gasteiger charge is -2.49. The van der Waals surface area contributed by atoms with E-state index in [4.69, 9.17) is 0 Å². The molecule has 136 valence electrons. The fraction of sp³-hybridized carbons (Fsp3) is 0.286. The van der Waals surface area contributed by atoms with Gasteiger partial charge in [0, 0.05) is 35.5 Å². The lowest BCUT2D eigenvalue weighted by molar-refractivity contribution is 0.498. The van der Waals surface area contributed by atoms with Crippen molar-refractivity contribution < 1.29 is 0 Å². The van der Waals surface area contributed by atoms with Crippen molar-refractivity contribution in [2.24, 2.45) is 35.5 Å². The Morgan fingerprint density at radius 3 is 1.54 bits per heavy atom. The van der Waals surface area contributed by atoms with Crippen molar-refractivity contribution in [2.75, 3.05) is 0 Å². The van der Waals surface area contributed by atoms with Crippen LogP contribution in [0.25, 0.3) is 0 Å². The second-order valence-corrected chi connectivity index (χ2v) is 9.11. The van der Waals surface area contributed by atoms with Crippen molar-refractivity contribution >= 4 is 0 Å². The Balaban J connectivity index is 1.49. The average Bonchev–Trinajstić information content (AvgIpc) is 2.77. The van der Waals surface area contributed by atoms with E-state index in [1.165, 1.54) is 0 Å². The van der Waals surface area contributed by atoms with Gasteiger partial charge >= 0.3 is 0 Å². The largest absolute Gasteiger partial charge is 0.0833 e. The predicted octanol–water partition coefficient (Wildman–Crippen LogP) is 6.34. The molecule has 0 aromatic rings. The highest BCUT2D eigenvalue weighted by Gasteiger charge is 2.46. The van der Waals surface area contributed by atoms with E-state index in [2.05, 4.69) is 85.1 Å². The van der Waals surface area contributed by atoms with Crippen LogP contribution in [0.4, 0.5) is 0 Å². The van der Waals surface area contributed by atoms with E-state index >= 15 is 0 Å². The first-order chi connectivity index (χ1) is 13.9. The zero-order chi connectivity index (χ0) is 18.2. The minimum absolute atomic E-state index is 0.525. The first kappa shape index (κ1) is 15.3. The third kappa shape index (κ3) is 1.86. The standard InChI is InChI=1S/C28H24/c1-3-9-19-17(7-1)15-25-23-13-6-12-22-20-10-4-2-8-18(20)16-26(28(22)23)24-14-5-11-21(19)27(24)25/h1-12,15-20,23-24H,13-14H2. The number of rotatable bonds is 0. The van der Waals surface area contributed by atoms with Gasteiger partial charge < -0.3 is 0 Å². The molecule has 0 saturated heterocycles. The van der Waals surface area contributed by atoms with Crippen LogP contribution in [-0.4, -0.2) is 0 Å². The van der Waals surface area contributed by atoms with Crippen LogP contribution in [0.15, 0.2) is 119 Å². The van der Waals surface area contributed by atoms with Gasteiger partial charge in [0.15, 0.2) is 0 Å². The van der Waals surface area contributed by atoms with E-state index in [1.807, 2.05) is 0 Å². The zero-order valence-electron chi connectivity index (χ0n) is 16.0. The van der Waals surface area contributed by atoms with Crippen molar-refractivity contribution in [3.8, 4) is 0 Å². The van der Waals surface area contributed by atoms with Gasteiger partial charge in [-0.1, -0.05) is 85.1 Å². The summed E-state index contributed by atoms with van der Waals surface area (Å²) in [6.07, 6.45) is 36.0. The Morgan fingerprint density at radius 2 is 1.04 bits per heavy atom. The predicted molar refractivity (Wildman–Crippen MR) is 115 cm³/mol. The van der Waals surface area contributed by atoms with Crippen LogP contribution in [0.1, 0.15) is 12.8 Å².